The van der Waals surface area contributed by atoms with Gasteiger partial charge in [-0.1, -0.05) is 0 Å². The first-order chi connectivity index (χ1) is 13.0. The Morgan fingerprint density at radius 1 is 1.04 bits per heavy atom. The van der Waals surface area contributed by atoms with E-state index >= 15 is 0 Å². The molecule has 0 unspecified atom stereocenters. The van der Waals surface area contributed by atoms with E-state index in [1.54, 1.807) is 13.0 Å². The maximum Gasteiger partial charge on any atom is 0.257 e. The molecule has 1 aromatic carbocycles. The second kappa shape index (κ2) is 6.61. The molecule has 4 rings (SSSR count). The van der Waals surface area contributed by atoms with E-state index in [2.05, 4.69) is 4.98 Å². The summed E-state index contributed by atoms with van der Waals surface area (Å²) in [5, 5.41) is 1.02. The number of H-pyrrole nitrogens is 1. The second-order valence-corrected chi connectivity index (χ2v) is 7.15. The molecule has 2 aromatic heterocycles. The number of hydrogen-bond acceptors (Lipinski definition) is 3. The number of aromatic nitrogens is 1. The predicted octanol–water partition coefficient (Wildman–Crippen LogP) is 3.44. The summed E-state index contributed by atoms with van der Waals surface area (Å²) in [6, 6.07) is 9.20. The zero-order chi connectivity index (χ0) is 19.1. The Hall–Kier alpha value is -3.02. The van der Waals surface area contributed by atoms with Crippen LogP contribution in [0.25, 0.3) is 10.9 Å². The molecule has 1 aliphatic heterocycles. The Kier molecular flexibility index (Phi) is 4.26. The van der Waals surface area contributed by atoms with Gasteiger partial charge in [0.1, 0.15) is 5.76 Å². The highest BCUT2D eigenvalue weighted by Gasteiger charge is 2.37. The number of aryl methyl sites for hydroxylation is 1. The minimum atomic E-state index is -0.0829. The van der Waals surface area contributed by atoms with Crippen molar-refractivity contribution in [3.8, 4) is 0 Å². The minimum absolute atomic E-state index is 0.00374. The molecule has 0 aliphatic carbocycles. The monoisotopic (exact) mass is 365 g/mol. The van der Waals surface area contributed by atoms with Gasteiger partial charge < -0.3 is 19.2 Å². The van der Waals surface area contributed by atoms with E-state index in [4.69, 9.17) is 4.42 Å². The first-order valence-electron chi connectivity index (χ1n) is 9.20. The van der Waals surface area contributed by atoms with Gasteiger partial charge in [-0.25, -0.2) is 0 Å². The molecule has 1 saturated heterocycles. The van der Waals surface area contributed by atoms with E-state index in [0.29, 0.717) is 30.0 Å². The number of nitrogens with one attached hydrogen (secondary N) is 1. The summed E-state index contributed by atoms with van der Waals surface area (Å²) < 4.78 is 5.27. The molecule has 6 nitrogen and oxygen atoms in total. The number of benzene rings is 1. The zero-order valence-corrected chi connectivity index (χ0v) is 15.7. The molecule has 1 N–H and O–H groups in total. The normalized spacial score (nSPS) is 20.3. The van der Waals surface area contributed by atoms with Gasteiger partial charge >= 0.3 is 0 Å². The molecule has 0 bridgehead atoms. The van der Waals surface area contributed by atoms with E-state index in [1.165, 1.54) is 6.26 Å². The molecule has 6 heteroatoms. The van der Waals surface area contributed by atoms with Crippen molar-refractivity contribution in [3.63, 3.8) is 0 Å². The average molecular weight is 365 g/mol. The van der Waals surface area contributed by atoms with E-state index in [0.717, 1.165) is 10.9 Å². The number of piperazine rings is 1. The number of carbonyl (C=O) groups is 2. The van der Waals surface area contributed by atoms with Crippen molar-refractivity contribution in [2.75, 3.05) is 13.1 Å². The van der Waals surface area contributed by atoms with Crippen LogP contribution in [0.1, 0.15) is 40.3 Å². The predicted molar refractivity (Wildman–Crippen MR) is 103 cm³/mol. The molecule has 3 aromatic rings. The Balaban J connectivity index is 1.54. The van der Waals surface area contributed by atoms with Crippen molar-refractivity contribution in [1.29, 1.82) is 0 Å². The molecule has 2 amide bonds. The molecule has 3 heterocycles. The molecule has 1 aliphatic rings. The fraction of sp³-hybridized carbons (Fsp3) is 0.333. The number of furan rings is 1. The maximum absolute atomic E-state index is 13.1. The lowest BCUT2D eigenvalue weighted by molar-refractivity contribution is 0.0240. The second-order valence-electron chi connectivity index (χ2n) is 7.15. The zero-order valence-electron chi connectivity index (χ0n) is 15.7. The number of aromatic amines is 1. The SMILES string of the molecule is Cc1occc1C(=O)N1CCN(C(=O)c2ccc3[nH]ccc3c2)[C@H](C)[C@H]1C. The van der Waals surface area contributed by atoms with Crippen LogP contribution in [0.15, 0.2) is 47.2 Å². The van der Waals surface area contributed by atoms with Gasteiger partial charge in [-0.2, -0.15) is 0 Å². The molecule has 0 saturated carbocycles. The standard InChI is InChI=1S/C21H23N3O3/c1-13-14(2)24(21(26)18-7-11-27-15(18)3)10-9-23(13)20(25)17-4-5-19-16(12-17)6-8-22-19/h4-8,11-14,22H,9-10H2,1-3H3/t13-,14-/m1/s1. The summed E-state index contributed by atoms with van der Waals surface area (Å²) in [6.45, 7) is 6.80. The van der Waals surface area contributed by atoms with Crippen molar-refractivity contribution in [2.24, 2.45) is 0 Å². The minimum Gasteiger partial charge on any atom is -0.469 e. The largest absolute Gasteiger partial charge is 0.469 e. The molecule has 27 heavy (non-hydrogen) atoms. The van der Waals surface area contributed by atoms with Crippen LogP contribution in [0.3, 0.4) is 0 Å². The Bertz CT molecular complexity index is 1000. The van der Waals surface area contributed by atoms with Crippen LogP contribution >= 0.6 is 0 Å². The lowest BCUT2D eigenvalue weighted by Crippen LogP contribution is -2.60. The van der Waals surface area contributed by atoms with Crippen molar-refractivity contribution < 1.29 is 14.0 Å². The van der Waals surface area contributed by atoms with Crippen molar-refractivity contribution in [2.45, 2.75) is 32.9 Å². The fourth-order valence-corrected chi connectivity index (χ4v) is 3.83. The van der Waals surface area contributed by atoms with Crippen molar-refractivity contribution in [1.82, 2.24) is 14.8 Å². The van der Waals surface area contributed by atoms with Crippen LogP contribution in [0, 0.1) is 6.92 Å². The summed E-state index contributed by atoms with van der Waals surface area (Å²) in [7, 11) is 0. The van der Waals surface area contributed by atoms with Gasteiger partial charge in [-0.05, 0) is 51.1 Å². The maximum atomic E-state index is 13.1. The highest BCUT2D eigenvalue weighted by atomic mass is 16.3. The van der Waals surface area contributed by atoms with Gasteiger partial charge in [0.05, 0.1) is 11.8 Å². The number of amides is 2. The van der Waals surface area contributed by atoms with Crippen LogP contribution < -0.4 is 0 Å². The van der Waals surface area contributed by atoms with E-state index in [-0.39, 0.29) is 23.9 Å². The van der Waals surface area contributed by atoms with Gasteiger partial charge in [0.2, 0.25) is 0 Å². The lowest BCUT2D eigenvalue weighted by atomic mass is 10.0. The average Bonchev–Trinajstić information content (AvgIpc) is 3.30. The van der Waals surface area contributed by atoms with Crippen molar-refractivity contribution in [3.05, 3.63) is 59.7 Å². The number of nitrogens with zero attached hydrogens (tertiary/aromatic N) is 2. The summed E-state index contributed by atoms with van der Waals surface area (Å²) in [4.78, 5) is 32.8. The van der Waals surface area contributed by atoms with Gasteiger partial charge in [0, 0.05) is 47.8 Å². The van der Waals surface area contributed by atoms with E-state index in [1.807, 2.05) is 54.1 Å². The lowest BCUT2D eigenvalue weighted by Gasteiger charge is -2.45. The van der Waals surface area contributed by atoms with Gasteiger partial charge in [0.25, 0.3) is 11.8 Å². The Morgan fingerprint density at radius 3 is 2.41 bits per heavy atom. The first-order valence-corrected chi connectivity index (χ1v) is 9.20. The Morgan fingerprint density at radius 2 is 1.74 bits per heavy atom. The molecular formula is C21H23N3O3. The topological polar surface area (TPSA) is 69.6 Å². The smallest absolute Gasteiger partial charge is 0.257 e. The Labute approximate surface area is 157 Å². The van der Waals surface area contributed by atoms with Crippen LogP contribution in [0.4, 0.5) is 0 Å². The third-order valence-corrected chi connectivity index (χ3v) is 5.67. The summed E-state index contributed by atoms with van der Waals surface area (Å²) in [5.74, 6) is 0.587. The summed E-state index contributed by atoms with van der Waals surface area (Å²) >= 11 is 0. The molecule has 1 fully saturated rings. The van der Waals surface area contributed by atoms with Crippen LogP contribution in [0.2, 0.25) is 0 Å². The van der Waals surface area contributed by atoms with E-state index in [9.17, 15) is 9.59 Å². The van der Waals surface area contributed by atoms with Gasteiger partial charge in [-0.3, -0.25) is 9.59 Å². The highest BCUT2D eigenvalue weighted by Crippen LogP contribution is 2.24. The van der Waals surface area contributed by atoms with Crippen molar-refractivity contribution >= 4 is 22.7 Å². The summed E-state index contributed by atoms with van der Waals surface area (Å²) in [5.41, 5.74) is 2.28. The molecule has 0 spiro atoms. The number of hydrogen-bond donors (Lipinski definition) is 1. The molecule has 0 radical (unpaired) electrons. The molecule has 2 atom stereocenters. The highest BCUT2D eigenvalue weighted by molar-refractivity contribution is 5.99. The van der Waals surface area contributed by atoms with Gasteiger partial charge in [0.15, 0.2) is 0 Å². The van der Waals surface area contributed by atoms with E-state index < -0.39 is 0 Å². The third-order valence-electron chi connectivity index (χ3n) is 5.67. The van der Waals surface area contributed by atoms with Crippen LogP contribution in [0.5, 0.6) is 0 Å². The number of fused-ring (bicyclic) bond motifs is 1. The first kappa shape index (κ1) is 17.4. The molecule has 140 valence electrons. The fourth-order valence-electron chi connectivity index (χ4n) is 3.83. The van der Waals surface area contributed by atoms with Crippen LogP contribution in [-0.2, 0) is 0 Å². The van der Waals surface area contributed by atoms with Gasteiger partial charge in [-0.15, -0.1) is 0 Å². The number of carbonyl (C=O) groups excluding carboxylic acids is 2. The van der Waals surface area contributed by atoms with Crippen LogP contribution in [-0.4, -0.2) is 51.8 Å². The third kappa shape index (κ3) is 2.91. The summed E-state index contributed by atoms with van der Waals surface area (Å²) in [6.07, 6.45) is 3.40. The molecular weight excluding hydrogens is 342 g/mol. The quantitative estimate of drug-likeness (QED) is 0.756. The number of rotatable bonds is 2.